The normalized spacial score (nSPS) is 10.6. The van der Waals surface area contributed by atoms with Gasteiger partial charge in [-0.25, -0.2) is 9.59 Å². The van der Waals surface area contributed by atoms with Gasteiger partial charge in [-0.05, 0) is 43.7 Å². The Labute approximate surface area is 191 Å². The fraction of sp³-hybridized carbons (Fsp3) is 0.292. The van der Waals surface area contributed by atoms with Crippen molar-refractivity contribution < 1.29 is 28.2 Å². The van der Waals surface area contributed by atoms with Crippen LogP contribution in [0.3, 0.4) is 0 Å². The number of rotatable bonds is 9. The van der Waals surface area contributed by atoms with Crippen LogP contribution in [0, 0.1) is 6.92 Å². The van der Waals surface area contributed by atoms with Gasteiger partial charge < -0.3 is 18.6 Å². The van der Waals surface area contributed by atoms with Crippen molar-refractivity contribution >= 4 is 23.7 Å². The number of thioether (sulfide) groups is 1. The number of hydrogen-bond donors (Lipinski definition) is 0. The Bertz CT molecular complexity index is 1090. The Morgan fingerprint density at radius 1 is 1.06 bits per heavy atom. The molecule has 0 saturated heterocycles. The lowest BCUT2D eigenvalue weighted by molar-refractivity contribution is 0.0525. The SMILES string of the molecule is CCOC(=O)c1c(CSCc2ccco2)nc(C)c(C(=O)OC)c1-c1cccc(OC)c1. The van der Waals surface area contributed by atoms with Gasteiger partial charge in [0.2, 0.25) is 0 Å². The number of aromatic nitrogens is 1. The fourth-order valence-corrected chi connectivity index (χ4v) is 4.22. The molecule has 0 bridgehead atoms. The molecule has 7 nitrogen and oxygen atoms in total. The standard InChI is InChI=1S/C24H25NO6S/c1-5-30-24(27)22-19(14-32-13-18-10-7-11-31-18)25-15(2)20(23(26)29-4)21(22)16-8-6-9-17(12-16)28-3/h6-12H,5,13-14H2,1-4H3. The third-order valence-corrected chi connectivity index (χ3v) is 5.71. The average molecular weight is 456 g/mol. The number of hydrogen-bond acceptors (Lipinski definition) is 8. The first-order valence-electron chi connectivity index (χ1n) is 10.0. The first-order valence-corrected chi connectivity index (χ1v) is 11.2. The number of carbonyl (C=O) groups excluding carboxylic acids is 2. The largest absolute Gasteiger partial charge is 0.497 e. The summed E-state index contributed by atoms with van der Waals surface area (Å²) in [7, 11) is 2.86. The summed E-state index contributed by atoms with van der Waals surface area (Å²) in [5.41, 5.74) is 2.53. The van der Waals surface area contributed by atoms with Crippen molar-refractivity contribution in [1.29, 1.82) is 0 Å². The lowest BCUT2D eigenvalue weighted by atomic mass is 9.92. The second-order valence-electron chi connectivity index (χ2n) is 6.79. The molecule has 0 N–H and O–H groups in total. The van der Waals surface area contributed by atoms with Crippen LogP contribution in [-0.2, 0) is 21.0 Å². The molecule has 0 unspecified atom stereocenters. The molecule has 0 aliphatic heterocycles. The van der Waals surface area contributed by atoms with E-state index in [-0.39, 0.29) is 17.7 Å². The molecular weight excluding hydrogens is 430 g/mol. The number of esters is 2. The lowest BCUT2D eigenvalue weighted by Crippen LogP contribution is -2.18. The maximum absolute atomic E-state index is 13.1. The quantitative estimate of drug-likeness (QED) is 0.414. The third kappa shape index (κ3) is 5.13. The van der Waals surface area contributed by atoms with Crippen molar-refractivity contribution in [3.8, 4) is 16.9 Å². The zero-order chi connectivity index (χ0) is 23.1. The lowest BCUT2D eigenvalue weighted by Gasteiger charge is -2.19. The molecule has 0 aliphatic carbocycles. The van der Waals surface area contributed by atoms with E-state index in [0.717, 1.165) is 5.76 Å². The topological polar surface area (TPSA) is 87.9 Å². The molecule has 0 amide bonds. The molecule has 8 heteroatoms. The van der Waals surface area contributed by atoms with Crippen LogP contribution < -0.4 is 4.74 Å². The molecule has 0 fully saturated rings. The predicted molar refractivity (Wildman–Crippen MR) is 122 cm³/mol. The molecule has 0 spiro atoms. The van der Waals surface area contributed by atoms with Crippen molar-refractivity contribution in [2.24, 2.45) is 0 Å². The van der Waals surface area contributed by atoms with Gasteiger partial charge in [0.05, 0.1) is 55.4 Å². The third-order valence-electron chi connectivity index (χ3n) is 4.74. The maximum Gasteiger partial charge on any atom is 0.340 e. The Morgan fingerprint density at radius 2 is 1.88 bits per heavy atom. The van der Waals surface area contributed by atoms with Gasteiger partial charge in [-0.15, -0.1) is 11.8 Å². The van der Waals surface area contributed by atoms with Gasteiger partial charge in [0, 0.05) is 11.3 Å². The van der Waals surface area contributed by atoms with Crippen LogP contribution in [0.15, 0.2) is 47.1 Å². The number of aryl methyl sites for hydroxylation is 1. The highest BCUT2D eigenvalue weighted by Crippen LogP contribution is 2.35. The Morgan fingerprint density at radius 3 is 2.53 bits per heavy atom. The summed E-state index contributed by atoms with van der Waals surface area (Å²) in [5, 5.41) is 0. The van der Waals surface area contributed by atoms with Gasteiger partial charge in [0.1, 0.15) is 11.5 Å². The van der Waals surface area contributed by atoms with E-state index in [0.29, 0.717) is 39.8 Å². The number of methoxy groups -OCH3 is 2. The van der Waals surface area contributed by atoms with E-state index >= 15 is 0 Å². The summed E-state index contributed by atoms with van der Waals surface area (Å²) in [6.45, 7) is 3.65. The van der Waals surface area contributed by atoms with Crippen molar-refractivity contribution in [1.82, 2.24) is 4.98 Å². The summed E-state index contributed by atoms with van der Waals surface area (Å²) >= 11 is 1.55. The monoisotopic (exact) mass is 455 g/mol. The molecular formula is C24H25NO6S. The summed E-state index contributed by atoms with van der Waals surface area (Å²) in [4.78, 5) is 30.4. The number of carbonyl (C=O) groups is 2. The molecule has 32 heavy (non-hydrogen) atoms. The molecule has 1 aromatic carbocycles. The number of ether oxygens (including phenoxy) is 3. The molecule has 2 aromatic heterocycles. The van der Waals surface area contributed by atoms with E-state index in [1.165, 1.54) is 7.11 Å². The fourth-order valence-electron chi connectivity index (χ4n) is 3.35. The van der Waals surface area contributed by atoms with E-state index in [9.17, 15) is 9.59 Å². The first kappa shape index (κ1) is 23.4. The van der Waals surface area contributed by atoms with E-state index in [4.69, 9.17) is 18.6 Å². The van der Waals surface area contributed by atoms with Gasteiger partial charge in [-0.1, -0.05) is 12.1 Å². The van der Waals surface area contributed by atoms with Crippen LogP contribution in [0.5, 0.6) is 5.75 Å². The molecule has 2 heterocycles. The molecule has 0 saturated carbocycles. The van der Waals surface area contributed by atoms with Crippen molar-refractivity contribution in [3.63, 3.8) is 0 Å². The summed E-state index contributed by atoms with van der Waals surface area (Å²) < 4.78 is 21.1. The number of pyridine rings is 1. The highest BCUT2D eigenvalue weighted by atomic mass is 32.2. The number of furan rings is 1. The highest BCUT2D eigenvalue weighted by molar-refractivity contribution is 7.97. The molecule has 3 aromatic rings. The van der Waals surface area contributed by atoms with Crippen LogP contribution in [0.2, 0.25) is 0 Å². The first-order chi connectivity index (χ1) is 15.5. The molecule has 0 aliphatic rings. The van der Waals surface area contributed by atoms with Gasteiger partial charge in [-0.3, -0.25) is 4.98 Å². The molecule has 168 valence electrons. The smallest absolute Gasteiger partial charge is 0.340 e. The van der Waals surface area contributed by atoms with E-state index < -0.39 is 11.9 Å². The summed E-state index contributed by atoms with van der Waals surface area (Å²) in [5.74, 6) is 1.34. The minimum atomic E-state index is -0.576. The second-order valence-corrected chi connectivity index (χ2v) is 7.77. The van der Waals surface area contributed by atoms with Gasteiger partial charge in [0.25, 0.3) is 0 Å². The van der Waals surface area contributed by atoms with Crippen molar-refractivity contribution in [3.05, 3.63) is 70.9 Å². The zero-order valence-electron chi connectivity index (χ0n) is 18.5. The van der Waals surface area contributed by atoms with E-state index in [1.807, 2.05) is 18.2 Å². The molecule has 3 rings (SSSR count). The van der Waals surface area contributed by atoms with Crippen LogP contribution in [0.4, 0.5) is 0 Å². The highest BCUT2D eigenvalue weighted by Gasteiger charge is 2.29. The van der Waals surface area contributed by atoms with Gasteiger partial charge in [0.15, 0.2) is 0 Å². The second kappa shape index (κ2) is 10.9. The summed E-state index contributed by atoms with van der Waals surface area (Å²) in [6.07, 6.45) is 1.62. The minimum Gasteiger partial charge on any atom is -0.497 e. The molecule has 0 radical (unpaired) electrons. The van der Waals surface area contributed by atoms with Crippen LogP contribution in [0.1, 0.15) is 44.8 Å². The Kier molecular flexibility index (Phi) is 7.94. The van der Waals surface area contributed by atoms with Crippen LogP contribution >= 0.6 is 11.8 Å². The predicted octanol–water partition coefficient (Wildman–Crippen LogP) is 5.06. The minimum absolute atomic E-state index is 0.191. The average Bonchev–Trinajstić information content (AvgIpc) is 3.31. The van der Waals surface area contributed by atoms with E-state index in [2.05, 4.69) is 4.98 Å². The Balaban J connectivity index is 2.19. The maximum atomic E-state index is 13.1. The van der Waals surface area contributed by atoms with E-state index in [1.54, 1.807) is 57.2 Å². The molecule has 0 atom stereocenters. The summed E-state index contributed by atoms with van der Waals surface area (Å²) in [6, 6.07) is 10.9. The van der Waals surface area contributed by atoms with Crippen LogP contribution in [-0.4, -0.2) is 37.7 Å². The van der Waals surface area contributed by atoms with Crippen molar-refractivity contribution in [2.45, 2.75) is 25.4 Å². The number of nitrogens with zero attached hydrogens (tertiary/aromatic N) is 1. The van der Waals surface area contributed by atoms with Gasteiger partial charge in [-0.2, -0.15) is 0 Å². The van der Waals surface area contributed by atoms with Gasteiger partial charge >= 0.3 is 11.9 Å². The van der Waals surface area contributed by atoms with Crippen molar-refractivity contribution in [2.75, 3.05) is 20.8 Å². The number of benzene rings is 1. The zero-order valence-corrected chi connectivity index (χ0v) is 19.3. The van der Waals surface area contributed by atoms with Crippen LogP contribution in [0.25, 0.3) is 11.1 Å². The Hall–Kier alpha value is -3.26.